The smallest absolute Gasteiger partial charge is 0.234 e. The molecule has 0 amide bonds. The lowest BCUT2D eigenvalue weighted by atomic mass is 10.1. The maximum absolute atomic E-state index is 12.5. The summed E-state index contributed by atoms with van der Waals surface area (Å²) in [6.45, 7) is 0.990. The number of sulfonamides is 1. The molecule has 0 spiro atoms. The molecule has 0 aromatic heterocycles. The number of rotatable bonds is 6. The molecule has 0 unspecified atom stereocenters. The molecule has 1 aliphatic heterocycles. The van der Waals surface area contributed by atoms with Crippen molar-refractivity contribution in [1.82, 2.24) is 0 Å². The Balaban J connectivity index is 1.65. The minimum Gasteiger partial charge on any atom is -0.486 e. The molecule has 0 N–H and O–H groups in total. The van der Waals surface area contributed by atoms with Crippen LogP contribution in [0, 0.1) is 0 Å². The lowest BCUT2D eigenvalue weighted by Crippen LogP contribution is -2.29. The Bertz CT molecular complexity index is 790. The van der Waals surface area contributed by atoms with E-state index in [1.165, 1.54) is 4.31 Å². The van der Waals surface area contributed by atoms with Crippen LogP contribution in [-0.2, 0) is 16.4 Å². The summed E-state index contributed by atoms with van der Waals surface area (Å²) in [4.78, 5) is 0. The number of hydrogen-bond acceptors (Lipinski definition) is 4. The third-order valence-electron chi connectivity index (χ3n) is 4.02. The zero-order valence-electron chi connectivity index (χ0n) is 13.6. The third kappa shape index (κ3) is 3.82. The van der Waals surface area contributed by atoms with E-state index in [0.29, 0.717) is 36.8 Å². The van der Waals surface area contributed by atoms with Gasteiger partial charge in [-0.05, 0) is 30.5 Å². The van der Waals surface area contributed by atoms with Crippen molar-refractivity contribution >= 4 is 15.7 Å². The van der Waals surface area contributed by atoms with E-state index in [1.54, 1.807) is 25.2 Å². The molecule has 1 aliphatic rings. The summed E-state index contributed by atoms with van der Waals surface area (Å²) in [6.07, 6.45) is 1.33. The van der Waals surface area contributed by atoms with Crippen LogP contribution < -0.4 is 13.8 Å². The molecule has 0 bridgehead atoms. The summed E-state index contributed by atoms with van der Waals surface area (Å²) in [7, 11) is -1.80. The molecular weight excluding hydrogens is 326 g/mol. The van der Waals surface area contributed by atoms with Crippen molar-refractivity contribution in [3.8, 4) is 11.5 Å². The molecule has 0 fully saturated rings. The molecule has 3 rings (SSSR count). The molecule has 0 atom stereocenters. The van der Waals surface area contributed by atoms with Gasteiger partial charge in [0.1, 0.15) is 13.2 Å². The molecule has 0 saturated carbocycles. The number of aryl methyl sites for hydroxylation is 1. The van der Waals surface area contributed by atoms with Gasteiger partial charge in [0.2, 0.25) is 10.0 Å². The summed E-state index contributed by atoms with van der Waals surface area (Å²) in [5.74, 6) is 1.34. The van der Waals surface area contributed by atoms with Crippen molar-refractivity contribution < 1.29 is 17.9 Å². The Hall–Kier alpha value is -2.21. The lowest BCUT2D eigenvalue weighted by Gasteiger charge is -2.23. The molecule has 24 heavy (non-hydrogen) atoms. The normalized spacial score (nSPS) is 13.5. The van der Waals surface area contributed by atoms with Crippen molar-refractivity contribution in [2.45, 2.75) is 12.8 Å². The zero-order valence-corrected chi connectivity index (χ0v) is 14.5. The number of fused-ring (bicyclic) bond motifs is 1. The van der Waals surface area contributed by atoms with E-state index in [4.69, 9.17) is 9.47 Å². The van der Waals surface area contributed by atoms with E-state index in [1.807, 2.05) is 30.3 Å². The van der Waals surface area contributed by atoms with Crippen LogP contribution in [0.1, 0.15) is 12.0 Å². The van der Waals surface area contributed by atoms with Crippen molar-refractivity contribution in [3.05, 3.63) is 54.1 Å². The monoisotopic (exact) mass is 347 g/mol. The van der Waals surface area contributed by atoms with Crippen molar-refractivity contribution in [2.24, 2.45) is 0 Å². The van der Waals surface area contributed by atoms with Crippen molar-refractivity contribution in [2.75, 3.05) is 30.3 Å². The van der Waals surface area contributed by atoms with Gasteiger partial charge in [-0.3, -0.25) is 4.31 Å². The predicted molar refractivity (Wildman–Crippen MR) is 94.4 cm³/mol. The largest absolute Gasteiger partial charge is 0.486 e. The van der Waals surface area contributed by atoms with Crippen LogP contribution in [0.3, 0.4) is 0 Å². The van der Waals surface area contributed by atoms with Crippen LogP contribution in [0.25, 0.3) is 0 Å². The van der Waals surface area contributed by atoms with Crippen LogP contribution in [0.15, 0.2) is 48.5 Å². The maximum Gasteiger partial charge on any atom is 0.234 e. The molecule has 0 radical (unpaired) electrons. The maximum atomic E-state index is 12.5. The molecular formula is C18H21NO4S. The lowest BCUT2D eigenvalue weighted by molar-refractivity contribution is 0.171. The highest BCUT2D eigenvalue weighted by atomic mass is 32.2. The van der Waals surface area contributed by atoms with Gasteiger partial charge < -0.3 is 9.47 Å². The van der Waals surface area contributed by atoms with Gasteiger partial charge in [0.25, 0.3) is 0 Å². The fraction of sp³-hybridized carbons (Fsp3) is 0.333. The first-order valence-electron chi connectivity index (χ1n) is 7.96. The molecule has 128 valence electrons. The number of nitrogens with zero attached hydrogens (tertiary/aromatic N) is 1. The summed E-state index contributed by atoms with van der Waals surface area (Å²) in [5.41, 5.74) is 1.73. The SMILES string of the molecule is CN(c1ccc2c(c1)OCCO2)S(=O)(=O)CCCc1ccccc1. The highest BCUT2D eigenvalue weighted by Crippen LogP contribution is 2.34. The quantitative estimate of drug-likeness (QED) is 0.806. The first-order chi connectivity index (χ1) is 11.6. The number of hydrogen-bond donors (Lipinski definition) is 0. The minimum atomic E-state index is -3.37. The van der Waals surface area contributed by atoms with Crippen LogP contribution in [0.4, 0.5) is 5.69 Å². The van der Waals surface area contributed by atoms with Gasteiger partial charge >= 0.3 is 0 Å². The molecule has 0 saturated heterocycles. The van der Waals surface area contributed by atoms with E-state index >= 15 is 0 Å². The topological polar surface area (TPSA) is 55.8 Å². The van der Waals surface area contributed by atoms with Gasteiger partial charge in [0, 0.05) is 13.1 Å². The number of ether oxygens (including phenoxy) is 2. The van der Waals surface area contributed by atoms with Gasteiger partial charge in [-0.2, -0.15) is 0 Å². The Morgan fingerprint density at radius 3 is 2.46 bits per heavy atom. The summed E-state index contributed by atoms with van der Waals surface area (Å²) in [5, 5.41) is 0. The average molecular weight is 347 g/mol. The second-order valence-electron chi connectivity index (χ2n) is 5.70. The second-order valence-corrected chi connectivity index (χ2v) is 7.82. The fourth-order valence-corrected chi connectivity index (χ4v) is 3.85. The summed E-state index contributed by atoms with van der Waals surface area (Å²) in [6, 6.07) is 15.1. The van der Waals surface area contributed by atoms with Gasteiger partial charge in [0.15, 0.2) is 11.5 Å². The summed E-state index contributed by atoms with van der Waals surface area (Å²) < 4.78 is 37.4. The van der Waals surface area contributed by atoms with Crippen molar-refractivity contribution in [3.63, 3.8) is 0 Å². The molecule has 2 aromatic rings. The summed E-state index contributed by atoms with van der Waals surface area (Å²) >= 11 is 0. The Morgan fingerprint density at radius 2 is 1.71 bits per heavy atom. The molecule has 2 aromatic carbocycles. The average Bonchev–Trinajstić information content (AvgIpc) is 2.61. The fourth-order valence-electron chi connectivity index (χ4n) is 2.63. The van der Waals surface area contributed by atoms with Crippen LogP contribution in [-0.4, -0.2) is 34.4 Å². The van der Waals surface area contributed by atoms with E-state index in [9.17, 15) is 8.42 Å². The molecule has 5 nitrogen and oxygen atoms in total. The Kier molecular flexibility index (Phi) is 4.94. The number of benzene rings is 2. The second kappa shape index (κ2) is 7.13. The first kappa shape index (κ1) is 16.6. The van der Waals surface area contributed by atoms with Crippen LogP contribution in [0.2, 0.25) is 0 Å². The van der Waals surface area contributed by atoms with Gasteiger partial charge in [0.05, 0.1) is 11.4 Å². The van der Waals surface area contributed by atoms with Crippen molar-refractivity contribution in [1.29, 1.82) is 0 Å². The standard InChI is InChI=1S/C18H21NO4S/c1-19(16-9-10-17-18(14-16)23-12-11-22-17)24(20,21)13-5-8-15-6-3-2-4-7-15/h2-4,6-7,9-10,14H,5,8,11-13H2,1H3. The minimum absolute atomic E-state index is 0.104. The van der Waals surface area contributed by atoms with Crippen LogP contribution >= 0.6 is 0 Å². The van der Waals surface area contributed by atoms with Gasteiger partial charge in [-0.25, -0.2) is 8.42 Å². The van der Waals surface area contributed by atoms with Gasteiger partial charge in [-0.1, -0.05) is 30.3 Å². The highest BCUT2D eigenvalue weighted by Gasteiger charge is 2.20. The third-order valence-corrected chi connectivity index (χ3v) is 5.87. The van der Waals surface area contributed by atoms with Crippen LogP contribution in [0.5, 0.6) is 11.5 Å². The molecule has 6 heteroatoms. The molecule has 1 heterocycles. The first-order valence-corrected chi connectivity index (χ1v) is 9.57. The van der Waals surface area contributed by atoms with E-state index in [2.05, 4.69) is 0 Å². The van der Waals surface area contributed by atoms with Gasteiger partial charge in [-0.15, -0.1) is 0 Å². The predicted octanol–water partition coefficient (Wildman–Crippen LogP) is 2.86. The Morgan fingerprint density at radius 1 is 1.00 bits per heavy atom. The highest BCUT2D eigenvalue weighted by molar-refractivity contribution is 7.92. The van der Waals surface area contributed by atoms with E-state index < -0.39 is 10.0 Å². The Labute approximate surface area is 142 Å². The zero-order chi connectivity index (χ0) is 17.0. The number of anilines is 1. The van der Waals surface area contributed by atoms with E-state index in [0.717, 1.165) is 12.0 Å². The van der Waals surface area contributed by atoms with E-state index in [-0.39, 0.29) is 5.75 Å². The molecule has 0 aliphatic carbocycles.